The van der Waals surface area contributed by atoms with Crippen molar-refractivity contribution in [1.82, 2.24) is 0 Å². The van der Waals surface area contributed by atoms with Crippen LogP contribution in [0.25, 0.3) is 69.5 Å². The molecule has 12 aromatic rings. The predicted molar refractivity (Wildman–Crippen MR) is 341 cm³/mol. The second-order valence-corrected chi connectivity index (χ2v) is 21.8. The molecule has 0 radical (unpaired) electrons. The second-order valence-electron chi connectivity index (χ2n) is 21.8. The smallest absolute Gasteiger partial charge is 0.196 e. The van der Waals surface area contributed by atoms with E-state index >= 15 is 0 Å². The van der Waals surface area contributed by atoms with E-state index in [2.05, 4.69) is 185 Å². The van der Waals surface area contributed by atoms with Crippen LogP contribution in [0.3, 0.4) is 0 Å². The van der Waals surface area contributed by atoms with E-state index in [4.69, 9.17) is 6.57 Å². The quantitative estimate of drug-likeness (QED) is 0.0863. The zero-order chi connectivity index (χ0) is 55.7. The van der Waals surface area contributed by atoms with E-state index in [-0.39, 0.29) is 25.7 Å². The van der Waals surface area contributed by atoms with E-state index in [9.17, 15) is 15.8 Å². The van der Waals surface area contributed by atoms with Gasteiger partial charge in [0.05, 0.1) is 41.5 Å². The fourth-order valence-corrected chi connectivity index (χ4v) is 10.5. The van der Waals surface area contributed by atoms with E-state index in [1.807, 2.05) is 109 Å². The molecule has 0 amide bonds. The first-order chi connectivity index (χ1) is 38.7. The SMILES string of the molecule is C.C.CC(C)(C)c1ccc(C#Cc2cc(C#N)c3ccc4c(C#N)cc(C#Cc5ccc(C(C)(C)C)cc5)c5ccc2c3c45)cc1.[C-]#[N+]c1cc(C#Cc2ccccc2)c2ccc3c(C#Cc4ccccc4)cc(C#N)c4ccc1c2c34. The molecule has 0 unspecified atom stereocenters. The first-order valence-electron chi connectivity index (χ1n) is 26.3. The molecule has 4 heteroatoms. The molecule has 12 aromatic carbocycles. The van der Waals surface area contributed by atoms with E-state index in [0.717, 1.165) is 109 Å². The molecule has 0 aliphatic heterocycles. The molecule has 0 aliphatic carbocycles. The van der Waals surface area contributed by atoms with Crippen LogP contribution in [0.5, 0.6) is 0 Å². The van der Waals surface area contributed by atoms with Crippen LogP contribution < -0.4 is 0 Å². The summed E-state index contributed by atoms with van der Waals surface area (Å²) in [6, 6.07) is 67.0. The minimum Gasteiger partial charge on any atom is -0.237 e. The Kier molecular flexibility index (Phi) is 15.4. The highest BCUT2D eigenvalue weighted by atomic mass is 14.6. The van der Waals surface area contributed by atoms with Gasteiger partial charge in [0.1, 0.15) is 0 Å². The number of hydrogen-bond acceptors (Lipinski definition) is 3. The Balaban J connectivity index is 0.000000196. The molecule has 0 atom stereocenters. The summed E-state index contributed by atoms with van der Waals surface area (Å²) in [5, 5.41) is 41.4. The Bertz CT molecular complexity index is 4600. The van der Waals surface area contributed by atoms with Gasteiger partial charge in [-0.25, -0.2) is 4.85 Å². The fourth-order valence-electron chi connectivity index (χ4n) is 10.5. The summed E-state index contributed by atoms with van der Waals surface area (Å²) in [5.41, 5.74) is 11.7. The summed E-state index contributed by atoms with van der Waals surface area (Å²) in [4.78, 5) is 3.82. The van der Waals surface area contributed by atoms with Gasteiger partial charge in [-0.2, -0.15) is 15.8 Å². The van der Waals surface area contributed by atoms with Crippen molar-refractivity contribution in [1.29, 1.82) is 15.8 Å². The Labute approximate surface area is 482 Å². The van der Waals surface area contributed by atoms with Crippen LogP contribution in [-0.4, -0.2) is 0 Å². The lowest BCUT2D eigenvalue weighted by Crippen LogP contribution is -2.10. The molecular formula is C78H56N4. The van der Waals surface area contributed by atoms with Crippen LogP contribution >= 0.6 is 0 Å². The standard InChI is InChI=1S/C42H32N2.C34H16N2.2CH4/c1-41(2,3)33-15-9-27(10-16-33)7-13-29-23-31(25-43)37-21-22-38-32(26-44)24-30(36-20-19-35(29)39(37)40(36)38)14-8-28-11-17-34(18-12-28)42(4,5)6;1-36-32-21-26(15-13-24-10-6-3-7-11-24)29-17-16-28-25(14-12-23-8-4-2-5-9-23)20-27(22-35)30-18-19-31(32)34(29)33(28)30;;/h9-12,15-24H,1-6H3;2-11,16-21H;2*1H4. The Morgan fingerprint density at radius 1 is 0.305 bits per heavy atom. The molecule has 0 N–H and O–H groups in total. The minimum atomic E-state index is 0. The number of rotatable bonds is 0. The largest absolute Gasteiger partial charge is 0.237 e. The number of benzene rings is 12. The zero-order valence-electron chi connectivity index (χ0n) is 45.1. The third kappa shape index (κ3) is 10.6. The van der Waals surface area contributed by atoms with Gasteiger partial charge in [0, 0.05) is 60.7 Å². The molecular weight excluding hydrogens is 993 g/mol. The monoisotopic (exact) mass is 1050 g/mol. The van der Waals surface area contributed by atoms with Crippen molar-refractivity contribution in [3.8, 4) is 65.6 Å². The fraction of sp³-hybridized carbons (Fsp3) is 0.128. The molecule has 0 heterocycles. The highest BCUT2D eigenvalue weighted by Gasteiger charge is 2.20. The summed E-state index contributed by atoms with van der Waals surface area (Å²) < 4.78 is 0. The highest BCUT2D eigenvalue weighted by molar-refractivity contribution is 6.29. The van der Waals surface area contributed by atoms with Crippen molar-refractivity contribution in [2.24, 2.45) is 0 Å². The van der Waals surface area contributed by atoms with Crippen LogP contribution in [0, 0.1) is 87.9 Å². The van der Waals surface area contributed by atoms with E-state index in [1.54, 1.807) is 0 Å². The maximum Gasteiger partial charge on any atom is 0.196 e. The maximum absolute atomic E-state index is 10.1. The molecule has 388 valence electrons. The summed E-state index contributed by atoms with van der Waals surface area (Å²) in [6.07, 6.45) is 0. The predicted octanol–water partition coefficient (Wildman–Crippen LogP) is 18.8. The van der Waals surface area contributed by atoms with Crippen LogP contribution in [0.15, 0.2) is 182 Å². The van der Waals surface area contributed by atoms with Gasteiger partial charge in [-0.3, -0.25) is 0 Å². The third-order valence-electron chi connectivity index (χ3n) is 14.7. The topological polar surface area (TPSA) is 75.7 Å². The van der Waals surface area contributed by atoms with Gasteiger partial charge in [-0.05, 0) is 143 Å². The molecule has 0 saturated heterocycles. The third-order valence-corrected chi connectivity index (χ3v) is 14.7. The molecule has 12 rings (SSSR count). The van der Waals surface area contributed by atoms with Crippen LogP contribution in [0.4, 0.5) is 5.69 Å². The van der Waals surface area contributed by atoms with Crippen molar-refractivity contribution in [2.75, 3.05) is 0 Å². The van der Waals surface area contributed by atoms with Crippen LogP contribution in [-0.2, 0) is 10.8 Å². The van der Waals surface area contributed by atoms with Crippen molar-refractivity contribution in [3.63, 3.8) is 0 Å². The van der Waals surface area contributed by atoms with Crippen molar-refractivity contribution in [2.45, 2.75) is 67.2 Å². The Hall–Kier alpha value is -11.1. The number of hydrogen-bond donors (Lipinski definition) is 0. The molecule has 0 aliphatic rings. The second kappa shape index (κ2) is 22.7. The van der Waals surface area contributed by atoms with Crippen molar-refractivity contribution >= 4 is 70.3 Å². The molecule has 0 spiro atoms. The van der Waals surface area contributed by atoms with Crippen molar-refractivity contribution in [3.05, 3.63) is 266 Å². The summed E-state index contributed by atoms with van der Waals surface area (Å²) in [5.74, 6) is 26.4. The van der Waals surface area contributed by atoms with Gasteiger partial charge in [0.15, 0.2) is 5.69 Å². The minimum absolute atomic E-state index is 0. The van der Waals surface area contributed by atoms with E-state index in [1.165, 1.54) is 11.1 Å². The van der Waals surface area contributed by atoms with Gasteiger partial charge in [0.25, 0.3) is 0 Å². The maximum atomic E-state index is 10.1. The summed E-state index contributed by atoms with van der Waals surface area (Å²) in [6.45, 7) is 21.0. The highest BCUT2D eigenvalue weighted by Crippen LogP contribution is 2.43. The molecule has 82 heavy (non-hydrogen) atoms. The molecule has 0 saturated carbocycles. The molecule has 0 bridgehead atoms. The number of nitrogens with zero attached hydrogens (tertiary/aromatic N) is 4. The molecule has 4 nitrogen and oxygen atoms in total. The first kappa shape index (κ1) is 55.7. The van der Waals surface area contributed by atoms with E-state index < -0.39 is 0 Å². The Morgan fingerprint density at radius 2 is 0.561 bits per heavy atom. The number of nitriles is 3. The van der Waals surface area contributed by atoms with Gasteiger partial charge < -0.3 is 0 Å². The average molecular weight is 1050 g/mol. The lowest BCUT2D eigenvalue weighted by atomic mass is 9.86. The lowest BCUT2D eigenvalue weighted by Gasteiger charge is -2.18. The molecule has 0 fully saturated rings. The summed E-state index contributed by atoms with van der Waals surface area (Å²) >= 11 is 0. The van der Waals surface area contributed by atoms with Gasteiger partial charge in [-0.1, -0.05) is 213 Å². The Morgan fingerprint density at radius 3 is 0.841 bits per heavy atom. The summed E-state index contributed by atoms with van der Waals surface area (Å²) in [7, 11) is 0. The lowest BCUT2D eigenvalue weighted by molar-refractivity contribution is 0.590. The first-order valence-corrected chi connectivity index (χ1v) is 26.3. The zero-order valence-corrected chi connectivity index (χ0v) is 45.1. The normalized spacial score (nSPS) is 10.7. The average Bonchev–Trinajstić information content (AvgIpc) is 3.60. The van der Waals surface area contributed by atoms with Gasteiger partial charge >= 0.3 is 0 Å². The molecule has 0 aromatic heterocycles. The van der Waals surface area contributed by atoms with Crippen molar-refractivity contribution < 1.29 is 0 Å². The van der Waals surface area contributed by atoms with Gasteiger partial charge in [0.2, 0.25) is 0 Å². The van der Waals surface area contributed by atoms with Crippen LogP contribution in [0.2, 0.25) is 0 Å². The van der Waals surface area contributed by atoms with E-state index in [0.29, 0.717) is 22.4 Å². The van der Waals surface area contributed by atoms with Gasteiger partial charge in [-0.15, -0.1) is 0 Å². The van der Waals surface area contributed by atoms with Crippen LogP contribution in [0.1, 0.15) is 129 Å².